The standard InChI is InChI=1S/C38H36S4/c1-5-17-31(18-6-1)35-29-36(32-19-7-2-8-20-32)40-26-15-16-28-42-38(34-23-11-4-12-24-34)30-37(33-21-9-3-10-22-33)41-27-14-13-25-39-35/h1-12,17-24H,13-16,25-28H2. The molecular formula is C38H36S4. The smallest absolute Gasteiger partial charge is 0.0577 e. The first-order chi connectivity index (χ1) is 20.9. The Balaban J connectivity index is 1.43. The monoisotopic (exact) mass is 620 g/mol. The lowest BCUT2D eigenvalue weighted by molar-refractivity contribution is 0.910. The first-order valence-corrected chi connectivity index (χ1v) is 18.6. The molecule has 0 fully saturated rings. The largest absolute Gasteiger partial charge is 0.117 e. The summed E-state index contributed by atoms with van der Waals surface area (Å²) in [5.74, 6) is 4.32. The molecular weight excluding hydrogens is 585 g/mol. The minimum Gasteiger partial charge on any atom is -0.117 e. The molecule has 0 atom stereocenters. The Morgan fingerprint density at radius 2 is 0.524 bits per heavy atom. The van der Waals surface area contributed by atoms with Crippen LogP contribution in [0.2, 0.25) is 0 Å². The van der Waals surface area contributed by atoms with E-state index in [9.17, 15) is 0 Å². The summed E-state index contributed by atoms with van der Waals surface area (Å²) >= 11 is 7.77. The van der Waals surface area contributed by atoms with Crippen LogP contribution >= 0.6 is 47.0 Å². The highest BCUT2D eigenvalue weighted by Crippen LogP contribution is 2.36. The van der Waals surface area contributed by atoms with E-state index in [1.807, 2.05) is 47.0 Å². The lowest BCUT2D eigenvalue weighted by atomic mass is 10.2. The van der Waals surface area contributed by atoms with Crippen LogP contribution in [0.5, 0.6) is 0 Å². The predicted octanol–water partition coefficient (Wildman–Crippen LogP) is 11.9. The van der Waals surface area contributed by atoms with Crippen molar-refractivity contribution < 1.29 is 0 Å². The predicted molar refractivity (Wildman–Crippen MR) is 195 cm³/mol. The van der Waals surface area contributed by atoms with Crippen LogP contribution in [0.25, 0.3) is 19.6 Å². The molecule has 0 nitrogen and oxygen atoms in total. The summed E-state index contributed by atoms with van der Waals surface area (Å²) < 4.78 is 0. The van der Waals surface area contributed by atoms with Gasteiger partial charge in [-0.25, -0.2) is 0 Å². The molecule has 4 aromatic rings. The maximum absolute atomic E-state index is 3.88. The highest BCUT2D eigenvalue weighted by Gasteiger charge is 2.09. The van der Waals surface area contributed by atoms with E-state index in [1.165, 1.54) is 41.9 Å². The Labute approximate surface area is 268 Å². The van der Waals surface area contributed by atoms with Gasteiger partial charge >= 0.3 is 0 Å². The molecule has 5 rings (SSSR count). The van der Waals surface area contributed by atoms with E-state index in [2.05, 4.69) is 133 Å². The van der Waals surface area contributed by atoms with Crippen molar-refractivity contribution in [3.05, 3.63) is 155 Å². The summed E-state index contributed by atoms with van der Waals surface area (Å²) in [6, 6.07) is 43.2. The van der Waals surface area contributed by atoms with E-state index in [4.69, 9.17) is 0 Å². The van der Waals surface area contributed by atoms with Crippen molar-refractivity contribution in [3.8, 4) is 0 Å². The van der Waals surface area contributed by atoms with Crippen LogP contribution in [-0.2, 0) is 0 Å². The molecule has 0 bridgehead atoms. The molecule has 42 heavy (non-hydrogen) atoms. The van der Waals surface area contributed by atoms with Crippen molar-refractivity contribution in [1.82, 2.24) is 0 Å². The molecule has 0 amide bonds. The quantitative estimate of drug-likeness (QED) is 0.208. The first-order valence-electron chi connectivity index (χ1n) is 14.6. The molecule has 0 aliphatic carbocycles. The van der Waals surface area contributed by atoms with E-state index in [1.54, 1.807) is 0 Å². The minimum atomic E-state index is 1.08. The SMILES string of the molecule is C1=C(c2ccccc2)SCCCCSC(c2ccccc2)=C=C(c2ccccc2)SCCCCSC=1c1ccccc1. The number of thioether (sulfide) groups is 4. The molecule has 0 unspecified atom stereocenters. The summed E-state index contributed by atoms with van der Waals surface area (Å²) in [5.41, 5.74) is 12.8. The van der Waals surface area contributed by atoms with Crippen LogP contribution in [0.15, 0.2) is 133 Å². The average Bonchev–Trinajstić information content (AvgIpc) is 3.06. The molecule has 4 heteroatoms. The van der Waals surface area contributed by atoms with Gasteiger partial charge in [0.15, 0.2) is 0 Å². The second-order valence-electron chi connectivity index (χ2n) is 9.84. The maximum Gasteiger partial charge on any atom is 0.0577 e. The zero-order valence-corrected chi connectivity index (χ0v) is 27.1. The molecule has 0 spiro atoms. The Bertz CT molecular complexity index is 1280. The van der Waals surface area contributed by atoms with Crippen LogP contribution in [0.3, 0.4) is 0 Å². The van der Waals surface area contributed by atoms with Gasteiger partial charge in [-0.1, -0.05) is 133 Å². The normalized spacial score (nSPS) is 16.2. The van der Waals surface area contributed by atoms with Gasteiger partial charge in [0.1, 0.15) is 0 Å². The Morgan fingerprint density at radius 1 is 0.310 bits per heavy atom. The van der Waals surface area contributed by atoms with E-state index in [0.717, 1.165) is 48.7 Å². The van der Waals surface area contributed by atoms with Crippen LogP contribution in [-0.4, -0.2) is 23.0 Å². The fourth-order valence-electron chi connectivity index (χ4n) is 4.44. The molecule has 1 heterocycles. The van der Waals surface area contributed by atoms with Gasteiger partial charge in [-0.3, -0.25) is 0 Å². The van der Waals surface area contributed by atoms with Gasteiger partial charge in [0.05, 0.1) is 19.6 Å². The maximum atomic E-state index is 3.88. The van der Waals surface area contributed by atoms with Gasteiger partial charge in [-0.2, -0.15) is 0 Å². The molecule has 0 saturated heterocycles. The van der Waals surface area contributed by atoms with Crippen molar-refractivity contribution in [2.45, 2.75) is 25.7 Å². The van der Waals surface area contributed by atoms with E-state index < -0.39 is 0 Å². The summed E-state index contributed by atoms with van der Waals surface area (Å²) in [7, 11) is 0. The average molecular weight is 621 g/mol. The van der Waals surface area contributed by atoms with Crippen molar-refractivity contribution in [1.29, 1.82) is 0 Å². The third-order valence-electron chi connectivity index (χ3n) is 6.66. The molecule has 1 aliphatic heterocycles. The van der Waals surface area contributed by atoms with Crippen molar-refractivity contribution >= 4 is 66.7 Å². The van der Waals surface area contributed by atoms with Crippen LogP contribution in [0.4, 0.5) is 0 Å². The topological polar surface area (TPSA) is 0 Å². The fraction of sp³-hybridized carbons (Fsp3) is 0.211. The van der Waals surface area contributed by atoms with Crippen LogP contribution in [0.1, 0.15) is 47.9 Å². The zero-order chi connectivity index (χ0) is 28.7. The van der Waals surface area contributed by atoms with Gasteiger partial charge in [0.25, 0.3) is 0 Å². The molecule has 0 saturated carbocycles. The summed E-state index contributed by atoms with van der Waals surface area (Å²) in [4.78, 5) is 4.97. The molecule has 0 radical (unpaired) electrons. The summed E-state index contributed by atoms with van der Waals surface area (Å²) in [6.07, 6.45) is 4.65. The lowest BCUT2D eigenvalue weighted by Gasteiger charge is -2.11. The Kier molecular flexibility index (Phi) is 12.8. The number of hydrogen-bond acceptors (Lipinski definition) is 4. The fourth-order valence-corrected chi connectivity index (χ4v) is 8.68. The molecule has 212 valence electrons. The van der Waals surface area contributed by atoms with Crippen molar-refractivity contribution in [2.75, 3.05) is 23.0 Å². The molecule has 4 aromatic carbocycles. The van der Waals surface area contributed by atoms with Gasteiger partial charge < -0.3 is 0 Å². The van der Waals surface area contributed by atoms with Gasteiger partial charge in [-0.15, -0.1) is 47.0 Å². The Morgan fingerprint density at radius 3 is 0.738 bits per heavy atom. The highest BCUT2D eigenvalue weighted by atomic mass is 32.2. The number of hydrogen-bond donors (Lipinski definition) is 0. The second kappa shape index (κ2) is 17.4. The third kappa shape index (κ3) is 9.68. The Hall–Kier alpha value is -2.68. The summed E-state index contributed by atoms with van der Waals surface area (Å²) in [5, 5.41) is 0. The highest BCUT2D eigenvalue weighted by molar-refractivity contribution is 8.09. The van der Waals surface area contributed by atoms with Crippen molar-refractivity contribution in [2.24, 2.45) is 0 Å². The van der Waals surface area contributed by atoms with E-state index in [-0.39, 0.29) is 0 Å². The molecule has 0 aromatic heterocycles. The van der Waals surface area contributed by atoms with Gasteiger partial charge in [0, 0.05) is 0 Å². The number of rotatable bonds is 4. The second-order valence-corrected chi connectivity index (χ2v) is 14.3. The first kappa shape index (κ1) is 30.8. The lowest BCUT2D eigenvalue weighted by Crippen LogP contribution is -1.90. The third-order valence-corrected chi connectivity index (χ3v) is 11.1. The zero-order valence-electron chi connectivity index (χ0n) is 23.8. The van der Waals surface area contributed by atoms with Gasteiger partial charge in [-0.05, 0) is 70.9 Å². The van der Waals surface area contributed by atoms with Crippen molar-refractivity contribution in [3.63, 3.8) is 0 Å². The van der Waals surface area contributed by atoms with Crippen LogP contribution in [0, 0.1) is 0 Å². The van der Waals surface area contributed by atoms with Gasteiger partial charge in [0.2, 0.25) is 0 Å². The van der Waals surface area contributed by atoms with E-state index >= 15 is 0 Å². The van der Waals surface area contributed by atoms with E-state index in [0.29, 0.717) is 0 Å². The number of benzene rings is 4. The van der Waals surface area contributed by atoms with Crippen LogP contribution < -0.4 is 0 Å². The minimum absolute atomic E-state index is 1.08. The summed E-state index contributed by atoms with van der Waals surface area (Å²) in [6.45, 7) is 0. The molecule has 1 aliphatic rings. The molecule has 0 N–H and O–H groups in total.